The van der Waals surface area contributed by atoms with Crippen LogP contribution in [-0.4, -0.2) is 80.6 Å². The van der Waals surface area contributed by atoms with Crippen LogP contribution in [0.15, 0.2) is 18.2 Å². The highest BCUT2D eigenvalue weighted by molar-refractivity contribution is 6.31. The molecule has 1 aromatic carbocycles. The van der Waals surface area contributed by atoms with Gasteiger partial charge in [0.05, 0.1) is 24.2 Å². The molecular weight excluding hydrogens is 375 g/mol. The van der Waals surface area contributed by atoms with Gasteiger partial charge in [-0.25, -0.2) is 4.39 Å². The molecule has 2 amide bonds. The van der Waals surface area contributed by atoms with E-state index in [2.05, 4.69) is 20.4 Å². The van der Waals surface area contributed by atoms with Crippen molar-refractivity contribution in [3.8, 4) is 0 Å². The van der Waals surface area contributed by atoms with E-state index in [1.165, 1.54) is 18.2 Å². The average molecular weight is 401 g/mol. The first-order valence-electron chi connectivity index (χ1n) is 8.88. The normalized spacial score (nSPS) is 16.7. The van der Waals surface area contributed by atoms with Crippen LogP contribution in [0.4, 0.5) is 10.1 Å². The lowest BCUT2D eigenvalue weighted by Gasteiger charge is -2.37. The number of amides is 2. The Labute approximate surface area is 163 Å². The van der Waals surface area contributed by atoms with Crippen LogP contribution in [0.5, 0.6) is 0 Å². The van der Waals surface area contributed by atoms with Crippen molar-refractivity contribution in [2.45, 2.75) is 13.0 Å². The Hall–Kier alpha value is -1.74. The molecule has 7 nitrogen and oxygen atoms in total. The average Bonchev–Trinajstić information content (AvgIpc) is 2.65. The molecule has 1 aliphatic heterocycles. The van der Waals surface area contributed by atoms with Crippen LogP contribution in [0, 0.1) is 5.82 Å². The monoisotopic (exact) mass is 400 g/mol. The minimum Gasteiger partial charge on any atom is -0.383 e. The number of nitrogens with zero attached hydrogens (tertiary/aromatic N) is 2. The fraction of sp³-hybridized carbons (Fsp3) is 0.556. The summed E-state index contributed by atoms with van der Waals surface area (Å²) < 4.78 is 18.1. The van der Waals surface area contributed by atoms with Gasteiger partial charge >= 0.3 is 0 Å². The van der Waals surface area contributed by atoms with E-state index in [0.717, 1.165) is 0 Å². The molecule has 1 aliphatic rings. The van der Waals surface area contributed by atoms with E-state index in [1.54, 1.807) is 7.11 Å². The lowest BCUT2D eigenvalue weighted by atomic mass is 10.2. The number of hydrogen-bond donors (Lipinski definition) is 2. The van der Waals surface area contributed by atoms with Crippen LogP contribution < -0.4 is 10.6 Å². The van der Waals surface area contributed by atoms with E-state index in [4.69, 9.17) is 16.3 Å². The molecule has 1 heterocycles. The molecule has 0 radical (unpaired) electrons. The largest absolute Gasteiger partial charge is 0.383 e. The number of piperazine rings is 1. The van der Waals surface area contributed by atoms with Gasteiger partial charge in [0.25, 0.3) is 0 Å². The molecule has 1 aromatic rings. The van der Waals surface area contributed by atoms with Crippen LogP contribution in [-0.2, 0) is 14.3 Å². The summed E-state index contributed by atoms with van der Waals surface area (Å²) in [5.74, 6) is -0.729. The first kappa shape index (κ1) is 21.6. The number of rotatable bonds is 8. The van der Waals surface area contributed by atoms with Crippen molar-refractivity contribution in [3.05, 3.63) is 29.0 Å². The van der Waals surface area contributed by atoms with Gasteiger partial charge in [-0.1, -0.05) is 11.6 Å². The Morgan fingerprint density at radius 3 is 2.63 bits per heavy atom. The Balaban J connectivity index is 1.76. The second kappa shape index (κ2) is 10.6. The maximum Gasteiger partial charge on any atom is 0.241 e. The molecule has 1 fully saturated rings. The molecule has 2 rings (SSSR count). The Morgan fingerprint density at radius 2 is 2.00 bits per heavy atom. The van der Waals surface area contributed by atoms with E-state index in [0.29, 0.717) is 51.6 Å². The zero-order chi connectivity index (χ0) is 19.8. The highest BCUT2D eigenvalue weighted by Crippen LogP contribution is 2.20. The third-order valence-corrected chi connectivity index (χ3v) is 4.81. The summed E-state index contributed by atoms with van der Waals surface area (Å²) in [6.07, 6.45) is 0. The van der Waals surface area contributed by atoms with Crippen molar-refractivity contribution in [3.63, 3.8) is 0 Å². The first-order valence-corrected chi connectivity index (χ1v) is 9.26. The standard InChI is InChI=1S/C18H26ClFN4O3/c1-13(18(26)22-14-3-4-16(20)15(19)11-14)24-8-6-23(7-9-24)12-17(25)21-5-10-27-2/h3-4,11,13H,5-10,12H2,1-2H3,(H,21,25)(H,22,26)/t13-/m1/s1. The minimum absolute atomic E-state index is 0.0283. The van der Waals surface area contributed by atoms with E-state index < -0.39 is 5.82 Å². The number of halogens is 2. The molecule has 150 valence electrons. The lowest BCUT2D eigenvalue weighted by molar-refractivity contribution is -0.124. The number of anilines is 1. The number of ether oxygens (including phenoxy) is 1. The van der Waals surface area contributed by atoms with E-state index >= 15 is 0 Å². The molecule has 1 atom stereocenters. The van der Waals surface area contributed by atoms with Gasteiger partial charge in [0.2, 0.25) is 11.8 Å². The highest BCUT2D eigenvalue weighted by Gasteiger charge is 2.26. The van der Waals surface area contributed by atoms with E-state index in [-0.39, 0.29) is 22.9 Å². The molecule has 0 saturated carbocycles. The van der Waals surface area contributed by atoms with Gasteiger partial charge in [-0.2, -0.15) is 0 Å². The molecule has 0 aromatic heterocycles. The molecule has 0 aliphatic carbocycles. The minimum atomic E-state index is -0.523. The molecule has 0 bridgehead atoms. The van der Waals surface area contributed by atoms with Crippen LogP contribution >= 0.6 is 11.6 Å². The van der Waals surface area contributed by atoms with Crippen molar-refractivity contribution >= 4 is 29.1 Å². The molecule has 0 unspecified atom stereocenters. The van der Waals surface area contributed by atoms with Gasteiger partial charge in [-0.3, -0.25) is 19.4 Å². The topological polar surface area (TPSA) is 73.9 Å². The maximum absolute atomic E-state index is 13.2. The number of nitrogens with one attached hydrogen (secondary N) is 2. The van der Waals surface area contributed by atoms with E-state index in [9.17, 15) is 14.0 Å². The Morgan fingerprint density at radius 1 is 1.30 bits per heavy atom. The summed E-state index contributed by atoms with van der Waals surface area (Å²) in [6.45, 7) is 5.94. The fourth-order valence-electron chi connectivity index (χ4n) is 2.85. The number of carbonyl (C=O) groups is 2. The predicted octanol–water partition coefficient (Wildman–Crippen LogP) is 1.19. The van der Waals surface area contributed by atoms with Crippen molar-refractivity contribution < 1.29 is 18.7 Å². The number of methoxy groups -OCH3 is 1. The Bertz CT molecular complexity index is 653. The SMILES string of the molecule is COCCNC(=O)CN1CCN([C@H](C)C(=O)Nc2ccc(F)c(Cl)c2)CC1. The summed E-state index contributed by atoms with van der Waals surface area (Å²) in [6, 6.07) is 3.75. The summed E-state index contributed by atoms with van der Waals surface area (Å²) >= 11 is 5.74. The van der Waals surface area contributed by atoms with Crippen molar-refractivity contribution in [2.75, 3.05) is 58.3 Å². The Kier molecular flexibility index (Phi) is 8.43. The third kappa shape index (κ3) is 6.73. The quantitative estimate of drug-likeness (QED) is 0.641. The molecule has 27 heavy (non-hydrogen) atoms. The van der Waals surface area contributed by atoms with Crippen LogP contribution in [0.3, 0.4) is 0 Å². The van der Waals surface area contributed by atoms with Crippen LogP contribution in [0.25, 0.3) is 0 Å². The summed E-state index contributed by atoms with van der Waals surface area (Å²) in [5, 5.41) is 5.53. The zero-order valence-corrected chi connectivity index (χ0v) is 16.4. The lowest BCUT2D eigenvalue weighted by Crippen LogP contribution is -2.54. The first-order chi connectivity index (χ1) is 12.9. The smallest absolute Gasteiger partial charge is 0.241 e. The van der Waals surface area contributed by atoms with Crippen molar-refractivity contribution in [1.82, 2.24) is 15.1 Å². The van der Waals surface area contributed by atoms with Crippen molar-refractivity contribution in [2.24, 2.45) is 0 Å². The predicted molar refractivity (Wildman–Crippen MR) is 102 cm³/mol. The second-order valence-electron chi connectivity index (χ2n) is 6.45. The highest BCUT2D eigenvalue weighted by atomic mass is 35.5. The van der Waals surface area contributed by atoms with Gasteiger partial charge < -0.3 is 15.4 Å². The van der Waals surface area contributed by atoms with Crippen molar-refractivity contribution in [1.29, 1.82) is 0 Å². The van der Waals surface area contributed by atoms with Gasteiger partial charge in [0.15, 0.2) is 0 Å². The molecular formula is C18H26ClFN4O3. The second-order valence-corrected chi connectivity index (χ2v) is 6.86. The fourth-order valence-corrected chi connectivity index (χ4v) is 3.03. The van der Waals surface area contributed by atoms with E-state index in [1.807, 2.05) is 6.92 Å². The van der Waals surface area contributed by atoms with Gasteiger partial charge in [-0.05, 0) is 25.1 Å². The maximum atomic E-state index is 13.2. The summed E-state index contributed by atoms with van der Waals surface area (Å²) in [7, 11) is 1.59. The van der Waals surface area contributed by atoms with Gasteiger partial charge in [0.1, 0.15) is 5.82 Å². The van der Waals surface area contributed by atoms with Gasteiger partial charge in [0, 0.05) is 45.5 Å². The van der Waals surface area contributed by atoms with Crippen LogP contribution in [0.2, 0.25) is 5.02 Å². The summed E-state index contributed by atoms with van der Waals surface area (Å²) in [4.78, 5) is 28.4. The molecule has 1 saturated heterocycles. The molecule has 2 N–H and O–H groups in total. The van der Waals surface area contributed by atoms with Gasteiger partial charge in [-0.15, -0.1) is 0 Å². The summed E-state index contributed by atoms with van der Waals surface area (Å²) in [5.41, 5.74) is 0.463. The molecule has 9 heteroatoms. The number of carbonyl (C=O) groups excluding carboxylic acids is 2. The van der Waals surface area contributed by atoms with Crippen LogP contribution in [0.1, 0.15) is 6.92 Å². The number of benzene rings is 1. The zero-order valence-electron chi connectivity index (χ0n) is 15.6. The number of hydrogen-bond acceptors (Lipinski definition) is 5. The third-order valence-electron chi connectivity index (χ3n) is 4.52. The molecule has 0 spiro atoms.